The van der Waals surface area contributed by atoms with Gasteiger partial charge >= 0.3 is 0 Å². The summed E-state index contributed by atoms with van der Waals surface area (Å²) in [5.74, 6) is 0. The zero-order valence-corrected chi connectivity index (χ0v) is 10.5. The molecule has 0 aliphatic carbocycles. The molecular weight excluding hydrogens is 241 g/mol. The first-order valence-corrected chi connectivity index (χ1v) is 4.06. The van der Waals surface area contributed by atoms with Crippen molar-refractivity contribution in [3.8, 4) is 0 Å². The molecule has 0 nitrogen and oxygen atoms in total. The van der Waals surface area contributed by atoms with Crippen LogP contribution in [0.5, 0.6) is 0 Å². The first kappa shape index (κ1) is 37.6. The van der Waals surface area contributed by atoms with Gasteiger partial charge in [-0.15, -0.1) is 0 Å². The molecule has 1 unspecified atom stereocenters. The first-order chi connectivity index (χ1) is 3.81. The second-order valence-electron chi connectivity index (χ2n) is 1.21. The van der Waals surface area contributed by atoms with Gasteiger partial charge in [-0.25, -0.2) is 0 Å². The van der Waals surface area contributed by atoms with Crippen LogP contribution in [0.4, 0.5) is 0 Å². The minimum Gasteiger partial charge on any atom is -0.383 e. The summed E-state index contributed by atoms with van der Waals surface area (Å²) in [7, 11) is 0. The van der Waals surface area contributed by atoms with Crippen molar-refractivity contribution in [1.29, 1.82) is 0 Å². The Hall–Kier alpha value is 1.45. The number of hydrogen-bond acceptors (Lipinski definition) is 1. The van der Waals surface area contributed by atoms with Gasteiger partial charge in [0.15, 0.2) is 0 Å². The van der Waals surface area contributed by atoms with Gasteiger partial charge in [0.05, 0.1) is 0 Å². The minimum atomic E-state index is 0. The van der Waals surface area contributed by atoms with Crippen LogP contribution in [-0.4, -0.2) is 5.25 Å². The standard InChI is InChI=1S/C5H10S.C2H6.3CH4.Y/c1-4-5(2)6-3;1-2;;;;/h4-5H,3H2,1-2H3;1-2H3;3*1H4;/q-2;;;;;. The Morgan fingerprint density at radius 1 is 1.17 bits per heavy atom. The van der Waals surface area contributed by atoms with Crippen molar-refractivity contribution in [2.24, 2.45) is 0 Å². The summed E-state index contributed by atoms with van der Waals surface area (Å²) in [6.45, 7) is 8.17. The van der Waals surface area contributed by atoms with E-state index in [4.69, 9.17) is 0 Å². The van der Waals surface area contributed by atoms with Crippen molar-refractivity contribution in [2.45, 2.75) is 55.2 Å². The quantitative estimate of drug-likeness (QED) is 0.632. The molecule has 0 bridgehead atoms. The predicted molar refractivity (Wildman–Crippen MR) is 63.9 cm³/mol. The van der Waals surface area contributed by atoms with Crippen LogP contribution in [0.2, 0.25) is 0 Å². The smallest absolute Gasteiger partial charge is 0 e. The average molecular weight is 269 g/mol. The molecule has 0 spiro atoms. The van der Waals surface area contributed by atoms with E-state index in [1.807, 2.05) is 20.8 Å². The van der Waals surface area contributed by atoms with E-state index >= 15 is 0 Å². The largest absolute Gasteiger partial charge is 0.383 e. The molecule has 79 valence electrons. The monoisotopic (exact) mass is 269 g/mol. The second kappa shape index (κ2) is 39.2. The van der Waals surface area contributed by atoms with E-state index in [0.29, 0.717) is 5.25 Å². The topological polar surface area (TPSA) is 0 Å². The maximum Gasteiger partial charge on any atom is 0 e. The molecule has 0 aromatic heterocycles. The van der Waals surface area contributed by atoms with Gasteiger partial charge in [0, 0.05) is 32.7 Å². The second-order valence-corrected chi connectivity index (χ2v) is 2.28. The van der Waals surface area contributed by atoms with E-state index in [0.717, 1.165) is 0 Å². The fraction of sp³-hybridized carbons (Fsp3) is 0.800. The van der Waals surface area contributed by atoms with Crippen LogP contribution >= 0.6 is 11.8 Å². The van der Waals surface area contributed by atoms with E-state index in [1.54, 1.807) is 11.8 Å². The summed E-state index contributed by atoms with van der Waals surface area (Å²) in [5, 5.41) is 0.616. The summed E-state index contributed by atoms with van der Waals surface area (Å²) in [5.41, 5.74) is 0. The molecule has 0 saturated heterocycles. The normalized spacial score (nSPS) is 7.75. The Bertz CT molecular complexity index is 29.0. The zero-order chi connectivity index (χ0) is 6.99. The van der Waals surface area contributed by atoms with Crippen LogP contribution in [-0.2, 0) is 32.7 Å². The Morgan fingerprint density at radius 3 is 1.42 bits per heavy atom. The zero-order valence-electron chi connectivity index (χ0n) is 6.85. The van der Waals surface area contributed by atoms with E-state index in [-0.39, 0.29) is 55.0 Å². The van der Waals surface area contributed by atoms with Crippen LogP contribution in [0.3, 0.4) is 0 Å². The molecule has 0 aromatic carbocycles. The molecule has 0 fully saturated rings. The SMILES string of the molecule is C.C.C.CC.[CH2-]SC(C)[CH-]C.[Y]. The Kier molecular flexibility index (Phi) is 123. The first-order valence-electron chi connectivity index (χ1n) is 3.01. The van der Waals surface area contributed by atoms with Gasteiger partial charge in [-0.1, -0.05) is 43.1 Å². The van der Waals surface area contributed by atoms with Crippen molar-refractivity contribution in [3.63, 3.8) is 0 Å². The minimum absolute atomic E-state index is 0. The fourth-order valence-corrected chi connectivity index (χ4v) is 0.289. The van der Waals surface area contributed by atoms with Gasteiger partial charge in [-0.3, -0.25) is 6.26 Å². The molecule has 12 heavy (non-hydrogen) atoms. The molecule has 0 saturated carbocycles. The number of rotatable bonds is 2. The van der Waals surface area contributed by atoms with Gasteiger partial charge < -0.3 is 18.2 Å². The molecule has 1 radical (unpaired) electrons. The average Bonchev–Trinajstić information content (AvgIpc) is 1.91. The third kappa shape index (κ3) is 42.1. The van der Waals surface area contributed by atoms with Crippen molar-refractivity contribution in [3.05, 3.63) is 12.7 Å². The third-order valence-electron chi connectivity index (χ3n) is 0.732. The maximum absolute atomic E-state index is 3.64. The molecule has 0 aliphatic heterocycles. The van der Waals surface area contributed by atoms with Crippen LogP contribution in [0, 0.1) is 12.7 Å². The summed E-state index contributed by atoms with van der Waals surface area (Å²) in [6, 6.07) is 0. The van der Waals surface area contributed by atoms with E-state index < -0.39 is 0 Å². The van der Waals surface area contributed by atoms with Crippen molar-refractivity contribution in [1.82, 2.24) is 0 Å². The van der Waals surface area contributed by atoms with Gasteiger partial charge in [0.25, 0.3) is 0 Å². The van der Waals surface area contributed by atoms with Gasteiger partial charge in [-0.2, -0.15) is 12.2 Å². The molecule has 0 heterocycles. The van der Waals surface area contributed by atoms with Crippen molar-refractivity contribution >= 4 is 11.8 Å². The molecule has 0 rings (SSSR count). The molecule has 0 N–H and O–H groups in total. The van der Waals surface area contributed by atoms with Crippen LogP contribution in [0.15, 0.2) is 0 Å². The van der Waals surface area contributed by atoms with Crippen LogP contribution in [0.1, 0.15) is 50.0 Å². The van der Waals surface area contributed by atoms with Crippen LogP contribution in [0.25, 0.3) is 0 Å². The van der Waals surface area contributed by atoms with Crippen molar-refractivity contribution in [2.75, 3.05) is 0 Å². The predicted octanol–water partition coefficient (Wildman–Crippen LogP) is 5.06. The van der Waals surface area contributed by atoms with E-state index in [1.165, 1.54) is 0 Å². The van der Waals surface area contributed by atoms with Gasteiger partial charge in [-0.05, 0) is 0 Å². The van der Waals surface area contributed by atoms with E-state index in [2.05, 4.69) is 19.6 Å². The Morgan fingerprint density at radius 2 is 1.42 bits per heavy atom. The molecule has 0 aliphatic rings. The number of thioether (sulfide) groups is 1. The van der Waals surface area contributed by atoms with E-state index in [9.17, 15) is 0 Å². The fourth-order valence-electron chi connectivity index (χ4n) is 0.0962. The van der Waals surface area contributed by atoms with Gasteiger partial charge in [0.2, 0.25) is 0 Å². The van der Waals surface area contributed by atoms with Crippen molar-refractivity contribution < 1.29 is 32.7 Å². The molecule has 0 amide bonds. The molecule has 2 heteroatoms. The molecule has 1 atom stereocenters. The molecule has 0 aromatic rings. The summed E-state index contributed by atoms with van der Waals surface area (Å²) in [4.78, 5) is 0. The summed E-state index contributed by atoms with van der Waals surface area (Å²) in [6.07, 6.45) is 5.76. The Balaban J connectivity index is -0.0000000140. The summed E-state index contributed by atoms with van der Waals surface area (Å²) >= 11 is 1.62. The van der Waals surface area contributed by atoms with Gasteiger partial charge in [0.1, 0.15) is 0 Å². The Labute approximate surface area is 112 Å². The molecular formula is C10H28SY-2. The maximum atomic E-state index is 3.64. The number of hydrogen-bond donors (Lipinski definition) is 0. The third-order valence-corrected chi connectivity index (χ3v) is 1.53. The van der Waals surface area contributed by atoms with Crippen LogP contribution < -0.4 is 0 Å². The summed E-state index contributed by atoms with van der Waals surface area (Å²) < 4.78 is 0.